The Bertz CT molecular complexity index is 685. The number of aliphatic carboxylic acids is 1. The molecule has 4 atom stereocenters. The highest BCUT2D eigenvalue weighted by atomic mass is 32.2. The van der Waals surface area contributed by atoms with E-state index in [4.69, 9.17) is 5.26 Å². The molecule has 3 aliphatic rings. The molecule has 3 unspecified atom stereocenters. The van der Waals surface area contributed by atoms with Crippen molar-refractivity contribution in [1.82, 2.24) is 10.2 Å². The summed E-state index contributed by atoms with van der Waals surface area (Å²) in [5, 5.41) is 30.6. The van der Waals surface area contributed by atoms with Gasteiger partial charge in [0.05, 0.1) is 35.3 Å². The number of rotatable bonds is 5. The summed E-state index contributed by atoms with van der Waals surface area (Å²) in [4.78, 5) is 29.3. The monoisotopic (exact) mass is 368 g/mol. The van der Waals surface area contributed by atoms with Gasteiger partial charge in [-0.25, -0.2) is 4.79 Å². The van der Waals surface area contributed by atoms with Gasteiger partial charge in [-0.3, -0.25) is 14.7 Å². The fourth-order valence-electron chi connectivity index (χ4n) is 2.82. The molecular weight excluding hydrogens is 352 g/mol. The van der Waals surface area contributed by atoms with Crippen LogP contribution in [-0.4, -0.2) is 62.6 Å². The topological polar surface area (TPSA) is 126 Å². The second-order valence-electron chi connectivity index (χ2n) is 5.67. The third-order valence-corrected chi connectivity index (χ3v) is 6.80. The molecule has 0 bridgehead atoms. The lowest BCUT2D eigenvalue weighted by atomic mass is 9.92. The highest BCUT2D eigenvalue weighted by molar-refractivity contribution is 8.23. The first-order valence-corrected chi connectivity index (χ1v) is 9.16. The molecule has 1 amide bonds. The molecule has 128 valence electrons. The van der Waals surface area contributed by atoms with Crippen LogP contribution in [0.5, 0.6) is 0 Å². The molecule has 0 aromatic carbocycles. The normalized spacial score (nSPS) is 30.0. The van der Waals surface area contributed by atoms with Gasteiger partial charge in [-0.2, -0.15) is 5.26 Å². The second kappa shape index (κ2) is 6.66. The second-order valence-corrected chi connectivity index (χ2v) is 8.36. The van der Waals surface area contributed by atoms with Crippen molar-refractivity contribution >= 4 is 41.2 Å². The van der Waals surface area contributed by atoms with E-state index in [9.17, 15) is 19.8 Å². The number of carboxylic acids is 1. The van der Waals surface area contributed by atoms with Crippen molar-refractivity contribution in [3.05, 3.63) is 9.93 Å². The minimum Gasteiger partial charge on any atom is -0.477 e. The number of nitrogens with one attached hydrogen (secondary N) is 1. The Balaban J connectivity index is 1.73. The fraction of sp³-hybridized carbons (Fsp3) is 0.571. The van der Waals surface area contributed by atoms with E-state index in [1.54, 1.807) is 6.92 Å². The Morgan fingerprint density at radius 2 is 2.42 bits per heavy atom. The van der Waals surface area contributed by atoms with Crippen molar-refractivity contribution in [1.29, 1.82) is 5.26 Å². The van der Waals surface area contributed by atoms with Gasteiger partial charge in [0.1, 0.15) is 11.2 Å². The average molecular weight is 368 g/mol. The smallest absolute Gasteiger partial charge is 0.354 e. The van der Waals surface area contributed by atoms with Crippen LogP contribution in [0.2, 0.25) is 0 Å². The number of aliphatic hydroxyl groups excluding tert-OH is 1. The van der Waals surface area contributed by atoms with Gasteiger partial charge in [-0.15, -0.1) is 11.8 Å². The summed E-state index contributed by atoms with van der Waals surface area (Å²) in [5.41, 5.74) is 0.00343. The predicted molar refractivity (Wildman–Crippen MR) is 90.0 cm³/mol. The van der Waals surface area contributed by atoms with Crippen LogP contribution in [0.25, 0.3) is 0 Å². The van der Waals surface area contributed by atoms with Gasteiger partial charge in [0, 0.05) is 11.8 Å². The molecule has 0 aromatic rings. The molecule has 1 saturated heterocycles. The lowest BCUT2D eigenvalue weighted by Crippen LogP contribution is -2.60. The Kier molecular flexibility index (Phi) is 4.76. The number of nitrogens with zero attached hydrogens (tertiary/aromatic N) is 3. The van der Waals surface area contributed by atoms with Crippen LogP contribution in [-0.2, 0) is 9.59 Å². The van der Waals surface area contributed by atoms with Crippen LogP contribution in [0.15, 0.2) is 14.9 Å². The number of fused-ring (bicyclic) bond motifs is 1. The molecule has 0 radical (unpaired) electrons. The minimum atomic E-state index is -1.14. The molecule has 3 N–H and O–H groups in total. The summed E-state index contributed by atoms with van der Waals surface area (Å²) >= 11 is 2.70. The van der Waals surface area contributed by atoms with Crippen LogP contribution < -0.4 is 5.32 Å². The number of carbonyl (C=O) groups is 2. The van der Waals surface area contributed by atoms with Crippen LogP contribution in [0.3, 0.4) is 0 Å². The number of thioether (sulfide) groups is 2. The van der Waals surface area contributed by atoms with E-state index in [2.05, 4.69) is 10.3 Å². The number of hydrogen-bond acceptors (Lipinski definition) is 8. The Hall–Kier alpha value is -1.70. The Labute approximate surface area is 147 Å². The maximum absolute atomic E-state index is 12.1. The van der Waals surface area contributed by atoms with Gasteiger partial charge in [0.15, 0.2) is 5.70 Å². The summed E-state index contributed by atoms with van der Waals surface area (Å²) in [5.74, 6) is -1.39. The molecule has 0 aromatic heterocycles. The first-order chi connectivity index (χ1) is 11.4. The summed E-state index contributed by atoms with van der Waals surface area (Å²) in [6, 6.07) is 2.03. The number of hydrogen-bond donors (Lipinski definition) is 3. The van der Waals surface area contributed by atoms with Crippen molar-refractivity contribution < 1.29 is 19.8 Å². The number of carboxylic acid groups (broad SMARTS) is 1. The number of nitriles is 1. The zero-order chi connectivity index (χ0) is 17.4. The number of aliphatic hydroxyl groups is 1. The minimum absolute atomic E-state index is 0.00343. The van der Waals surface area contributed by atoms with Crippen LogP contribution >= 0.6 is 23.5 Å². The molecule has 3 aliphatic heterocycles. The largest absolute Gasteiger partial charge is 0.477 e. The first kappa shape index (κ1) is 17.1. The maximum Gasteiger partial charge on any atom is 0.354 e. The van der Waals surface area contributed by atoms with E-state index in [1.165, 1.54) is 28.4 Å². The molecule has 24 heavy (non-hydrogen) atoms. The molecule has 0 spiro atoms. The van der Waals surface area contributed by atoms with E-state index in [0.29, 0.717) is 23.2 Å². The van der Waals surface area contributed by atoms with Crippen molar-refractivity contribution in [3.63, 3.8) is 0 Å². The predicted octanol–water partition coefficient (Wildman–Crippen LogP) is 0.169. The molecule has 8 nitrogen and oxygen atoms in total. The number of aliphatic imine (C=N–C) groups is 1. The van der Waals surface area contributed by atoms with E-state index < -0.39 is 18.0 Å². The SMILES string of the molecule is CC(O)C1C(=O)N2C(C(=O)O)=C(SC3CN=C(CC#N)NC3)S[C@H]12. The average Bonchev–Trinajstić information content (AvgIpc) is 2.83. The van der Waals surface area contributed by atoms with Gasteiger partial charge < -0.3 is 15.5 Å². The van der Waals surface area contributed by atoms with Gasteiger partial charge in [0.2, 0.25) is 5.91 Å². The third-order valence-electron chi connectivity index (χ3n) is 4.01. The van der Waals surface area contributed by atoms with Gasteiger partial charge >= 0.3 is 5.97 Å². The summed E-state index contributed by atoms with van der Waals surface area (Å²) < 4.78 is 0.578. The van der Waals surface area contributed by atoms with Gasteiger partial charge in [-0.05, 0) is 6.92 Å². The number of carbonyl (C=O) groups excluding carboxylic acids is 1. The molecule has 3 heterocycles. The molecule has 0 saturated carbocycles. The van der Waals surface area contributed by atoms with Crippen LogP contribution in [0.1, 0.15) is 13.3 Å². The summed E-state index contributed by atoms with van der Waals surface area (Å²) in [6.45, 7) is 2.62. The molecule has 10 heteroatoms. The summed E-state index contributed by atoms with van der Waals surface area (Å²) in [7, 11) is 0. The highest BCUT2D eigenvalue weighted by Gasteiger charge is 2.57. The quantitative estimate of drug-likeness (QED) is 0.586. The Morgan fingerprint density at radius 3 is 2.96 bits per heavy atom. The van der Waals surface area contributed by atoms with E-state index in [0.717, 1.165) is 0 Å². The molecule has 0 aliphatic carbocycles. The van der Waals surface area contributed by atoms with Crippen LogP contribution in [0, 0.1) is 17.2 Å². The van der Waals surface area contributed by atoms with Gasteiger partial charge in [0.25, 0.3) is 0 Å². The lowest BCUT2D eigenvalue weighted by Gasteiger charge is -2.43. The Morgan fingerprint density at radius 1 is 1.67 bits per heavy atom. The van der Waals surface area contributed by atoms with Crippen molar-refractivity contribution in [2.75, 3.05) is 13.1 Å². The molecule has 3 rings (SSSR count). The van der Waals surface area contributed by atoms with Crippen molar-refractivity contribution in [2.24, 2.45) is 10.9 Å². The first-order valence-electron chi connectivity index (χ1n) is 7.40. The lowest BCUT2D eigenvalue weighted by molar-refractivity contribution is -0.156. The van der Waals surface area contributed by atoms with E-state index >= 15 is 0 Å². The van der Waals surface area contributed by atoms with Crippen molar-refractivity contribution in [2.45, 2.75) is 30.1 Å². The zero-order valence-electron chi connectivity index (χ0n) is 12.8. The molecular formula is C14H16N4O4S2. The van der Waals surface area contributed by atoms with Crippen LogP contribution in [0.4, 0.5) is 0 Å². The number of amidine groups is 1. The summed E-state index contributed by atoms with van der Waals surface area (Å²) in [6.07, 6.45) is -0.574. The highest BCUT2D eigenvalue weighted by Crippen LogP contribution is 2.54. The number of β-lactam (4-membered cyclic amide) rings is 1. The maximum atomic E-state index is 12.1. The van der Waals surface area contributed by atoms with Crippen molar-refractivity contribution in [3.8, 4) is 6.07 Å². The zero-order valence-corrected chi connectivity index (χ0v) is 14.4. The van der Waals surface area contributed by atoms with Gasteiger partial charge in [-0.1, -0.05) is 11.8 Å². The molecule has 1 fully saturated rings. The van der Waals surface area contributed by atoms with E-state index in [-0.39, 0.29) is 28.6 Å². The fourth-order valence-corrected chi connectivity index (χ4v) is 5.98. The third kappa shape index (κ3) is 2.87. The van der Waals surface area contributed by atoms with E-state index in [1.807, 2.05) is 6.07 Å². The standard InChI is InChI=1S/C14H16N4O4S2/c1-6(19)9-11(20)18-10(13(21)22)14(24-12(9)18)23-7-4-16-8(2-3-15)17-5-7/h6-7,9,12,19H,2,4-5H2,1H3,(H,16,17)(H,21,22)/t6?,9?,12-/m1/s1. The number of amides is 1.